The highest BCUT2D eigenvalue weighted by atomic mass is 16.2. The van der Waals surface area contributed by atoms with Crippen molar-refractivity contribution in [1.29, 1.82) is 0 Å². The van der Waals surface area contributed by atoms with Gasteiger partial charge in [-0.25, -0.2) is 0 Å². The van der Waals surface area contributed by atoms with E-state index in [0.717, 1.165) is 6.42 Å². The van der Waals surface area contributed by atoms with E-state index in [0.29, 0.717) is 0 Å². The van der Waals surface area contributed by atoms with Crippen molar-refractivity contribution < 1.29 is 4.79 Å². The fraction of sp³-hybridized carbons (Fsp3) is 0.917. The summed E-state index contributed by atoms with van der Waals surface area (Å²) in [6, 6.07) is 0. The fourth-order valence-corrected chi connectivity index (χ4v) is 1.85. The molecule has 0 radical (unpaired) electrons. The van der Waals surface area contributed by atoms with Crippen molar-refractivity contribution in [3.05, 3.63) is 0 Å². The van der Waals surface area contributed by atoms with Crippen LogP contribution in [0.5, 0.6) is 0 Å². The fourth-order valence-electron chi connectivity index (χ4n) is 1.85. The number of rotatable bonds is 3. The van der Waals surface area contributed by atoms with Gasteiger partial charge in [0, 0.05) is 11.5 Å². The Kier molecular flexibility index (Phi) is 4.16. The highest BCUT2D eigenvalue weighted by Gasteiger charge is 2.27. The zero-order valence-electron chi connectivity index (χ0n) is 10.7. The van der Waals surface area contributed by atoms with Gasteiger partial charge in [-0.3, -0.25) is 4.79 Å². The van der Waals surface area contributed by atoms with Crippen molar-refractivity contribution in [2.24, 2.45) is 11.3 Å². The minimum Gasteiger partial charge on any atom is -0.351 e. The van der Waals surface area contributed by atoms with Crippen LogP contribution in [0, 0.1) is 11.3 Å². The van der Waals surface area contributed by atoms with E-state index in [-0.39, 0.29) is 22.8 Å². The van der Waals surface area contributed by atoms with Crippen LogP contribution in [0.1, 0.15) is 54.9 Å². The Morgan fingerprint density at radius 3 is 1.86 bits per heavy atom. The minimum absolute atomic E-state index is 0.0641. The number of amides is 1. The molecule has 14 heavy (non-hydrogen) atoms. The van der Waals surface area contributed by atoms with E-state index in [1.807, 2.05) is 13.8 Å². The lowest BCUT2D eigenvalue weighted by atomic mass is 9.81. The van der Waals surface area contributed by atoms with Gasteiger partial charge in [0.25, 0.3) is 0 Å². The van der Waals surface area contributed by atoms with Crippen molar-refractivity contribution >= 4 is 5.91 Å². The molecule has 0 spiro atoms. The Balaban J connectivity index is 4.28. The second kappa shape index (κ2) is 4.33. The van der Waals surface area contributed by atoms with E-state index >= 15 is 0 Å². The molecular weight excluding hydrogens is 174 g/mol. The van der Waals surface area contributed by atoms with Crippen LogP contribution in [-0.4, -0.2) is 11.4 Å². The highest BCUT2D eigenvalue weighted by Crippen LogP contribution is 2.26. The van der Waals surface area contributed by atoms with Crippen LogP contribution in [0.4, 0.5) is 0 Å². The summed E-state index contributed by atoms with van der Waals surface area (Å²) in [5.41, 5.74) is 0.132. The van der Waals surface area contributed by atoms with Crippen molar-refractivity contribution in [1.82, 2.24) is 5.32 Å². The first-order valence-corrected chi connectivity index (χ1v) is 5.35. The average molecular weight is 199 g/mol. The lowest BCUT2D eigenvalue weighted by molar-refractivity contribution is -0.125. The van der Waals surface area contributed by atoms with E-state index < -0.39 is 0 Å². The molecule has 0 bridgehead atoms. The molecule has 2 nitrogen and oxygen atoms in total. The van der Waals surface area contributed by atoms with Gasteiger partial charge in [0.05, 0.1) is 0 Å². The number of hydrogen-bond donors (Lipinski definition) is 1. The molecule has 0 aromatic carbocycles. The summed E-state index contributed by atoms with van der Waals surface area (Å²) in [5, 5.41) is 3.07. The summed E-state index contributed by atoms with van der Waals surface area (Å²) in [4.78, 5) is 11.5. The van der Waals surface area contributed by atoms with Gasteiger partial charge in [-0.05, 0) is 25.7 Å². The maximum atomic E-state index is 11.5. The molecule has 0 rings (SSSR count). The summed E-state index contributed by atoms with van der Waals surface area (Å²) in [7, 11) is 0. The van der Waals surface area contributed by atoms with Crippen LogP contribution in [0.15, 0.2) is 0 Å². The van der Waals surface area contributed by atoms with Gasteiger partial charge >= 0.3 is 0 Å². The van der Waals surface area contributed by atoms with Crippen LogP contribution in [0.2, 0.25) is 0 Å². The monoisotopic (exact) mass is 199 g/mol. The third-order valence-corrected chi connectivity index (χ3v) is 1.96. The van der Waals surface area contributed by atoms with E-state index in [1.54, 1.807) is 0 Å². The van der Waals surface area contributed by atoms with Gasteiger partial charge in [0.2, 0.25) is 5.91 Å². The zero-order chi connectivity index (χ0) is 11.6. The number of nitrogens with one attached hydrogen (secondary N) is 1. The molecule has 0 aromatic rings. The first kappa shape index (κ1) is 13.5. The number of carbonyl (C=O) groups excluding carboxylic acids is 1. The van der Waals surface area contributed by atoms with Crippen LogP contribution in [-0.2, 0) is 4.79 Å². The van der Waals surface area contributed by atoms with Crippen LogP contribution in [0.3, 0.4) is 0 Å². The van der Waals surface area contributed by atoms with Crippen LogP contribution < -0.4 is 5.32 Å². The lowest BCUT2D eigenvalue weighted by Gasteiger charge is -2.33. The molecule has 0 aromatic heterocycles. The summed E-state index contributed by atoms with van der Waals surface area (Å²) in [6.45, 7) is 14.6. The quantitative estimate of drug-likeness (QED) is 0.744. The number of hydrogen-bond acceptors (Lipinski definition) is 1. The van der Waals surface area contributed by atoms with Gasteiger partial charge in [0.1, 0.15) is 0 Å². The Bertz CT molecular complexity index is 199. The normalized spacial score (nSPS) is 13.1. The lowest BCUT2D eigenvalue weighted by Crippen LogP contribution is -2.47. The SMILES string of the molecule is CC(C)C(=O)NC(C)(C)CC(C)(C)C. The van der Waals surface area contributed by atoms with Crippen molar-refractivity contribution in [3.8, 4) is 0 Å². The number of carbonyl (C=O) groups is 1. The minimum atomic E-state index is -0.112. The van der Waals surface area contributed by atoms with E-state index in [2.05, 4.69) is 39.9 Å². The largest absolute Gasteiger partial charge is 0.351 e. The Morgan fingerprint density at radius 2 is 1.57 bits per heavy atom. The van der Waals surface area contributed by atoms with E-state index in [1.165, 1.54) is 0 Å². The third kappa shape index (κ3) is 6.01. The molecule has 0 saturated heterocycles. The third-order valence-electron chi connectivity index (χ3n) is 1.96. The zero-order valence-corrected chi connectivity index (χ0v) is 10.7. The molecular formula is C12H25NO. The molecule has 0 atom stereocenters. The Morgan fingerprint density at radius 1 is 1.14 bits per heavy atom. The first-order valence-electron chi connectivity index (χ1n) is 5.35. The smallest absolute Gasteiger partial charge is 0.222 e. The Labute approximate surface area is 88.5 Å². The Hall–Kier alpha value is -0.530. The molecule has 1 amide bonds. The molecule has 84 valence electrons. The molecule has 0 aliphatic heterocycles. The molecule has 0 saturated carbocycles. The van der Waals surface area contributed by atoms with Crippen molar-refractivity contribution in [2.45, 2.75) is 60.4 Å². The average Bonchev–Trinajstić information content (AvgIpc) is 1.78. The first-order chi connectivity index (χ1) is 6.03. The van der Waals surface area contributed by atoms with Gasteiger partial charge < -0.3 is 5.32 Å². The maximum absolute atomic E-state index is 11.5. The van der Waals surface area contributed by atoms with Crippen molar-refractivity contribution in [3.63, 3.8) is 0 Å². The summed E-state index contributed by atoms with van der Waals surface area (Å²) >= 11 is 0. The summed E-state index contributed by atoms with van der Waals surface area (Å²) < 4.78 is 0. The highest BCUT2D eigenvalue weighted by molar-refractivity contribution is 5.78. The van der Waals surface area contributed by atoms with Gasteiger partial charge in [-0.15, -0.1) is 0 Å². The van der Waals surface area contributed by atoms with Gasteiger partial charge in [-0.1, -0.05) is 34.6 Å². The summed E-state index contributed by atoms with van der Waals surface area (Å²) in [5.74, 6) is 0.202. The van der Waals surface area contributed by atoms with Crippen LogP contribution >= 0.6 is 0 Å². The van der Waals surface area contributed by atoms with Gasteiger partial charge in [0.15, 0.2) is 0 Å². The molecule has 0 fully saturated rings. The second-order valence-electron chi connectivity index (χ2n) is 6.27. The molecule has 0 heterocycles. The van der Waals surface area contributed by atoms with Gasteiger partial charge in [-0.2, -0.15) is 0 Å². The molecule has 1 N–H and O–H groups in total. The maximum Gasteiger partial charge on any atom is 0.222 e. The van der Waals surface area contributed by atoms with Crippen molar-refractivity contribution in [2.75, 3.05) is 0 Å². The molecule has 2 heteroatoms. The van der Waals surface area contributed by atoms with Crippen LogP contribution in [0.25, 0.3) is 0 Å². The van der Waals surface area contributed by atoms with E-state index in [4.69, 9.17) is 0 Å². The standard InChI is InChI=1S/C12H25NO/c1-9(2)10(14)13-12(6,7)8-11(3,4)5/h9H,8H2,1-7H3,(H,13,14). The second-order valence-corrected chi connectivity index (χ2v) is 6.27. The topological polar surface area (TPSA) is 29.1 Å². The van der Waals surface area contributed by atoms with E-state index in [9.17, 15) is 4.79 Å². The predicted molar refractivity (Wildman–Crippen MR) is 61.1 cm³/mol. The molecule has 0 aliphatic carbocycles. The molecule has 0 aliphatic rings. The summed E-state index contributed by atoms with van der Waals surface area (Å²) in [6.07, 6.45) is 0.985. The molecule has 0 unspecified atom stereocenters. The predicted octanol–water partition coefficient (Wildman–Crippen LogP) is 2.97.